The Morgan fingerprint density at radius 3 is 1.74 bits per heavy atom. The SMILES string of the molecule is CC1(C)OCC(C2OP(=O)(c3ccccc3)C(O)C3OC(C)(C)OC23)O1.O=P1(c2ccccc2)OC(C(O)CO)C(O)C(O)C1O. The molecule has 0 aliphatic carbocycles. The second kappa shape index (κ2) is 13.4. The van der Waals surface area contributed by atoms with Crippen molar-refractivity contribution < 1.29 is 67.8 Å². The molecular formula is C30H42O14P2. The largest absolute Gasteiger partial charge is 0.394 e. The molecule has 46 heavy (non-hydrogen) atoms. The summed E-state index contributed by atoms with van der Waals surface area (Å²) in [6.07, 6.45) is -8.92. The fourth-order valence-electron chi connectivity index (χ4n) is 5.93. The van der Waals surface area contributed by atoms with Gasteiger partial charge in [-0.3, -0.25) is 9.13 Å². The average molecular weight is 689 g/mol. The molecule has 12 atom stereocenters. The van der Waals surface area contributed by atoms with E-state index in [-0.39, 0.29) is 11.9 Å². The highest BCUT2D eigenvalue weighted by atomic mass is 31.2. The molecule has 0 amide bonds. The Balaban J connectivity index is 0.000000188. The molecule has 0 aromatic heterocycles. The van der Waals surface area contributed by atoms with Crippen LogP contribution in [0.25, 0.3) is 0 Å². The van der Waals surface area contributed by atoms with Crippen LogP contribution in [-0.2, 0) is 37.1 Å². The van der Waals surface area contributed by atoms with E-state index in [1.54, 1.807) is 56.3 Å². The molecule has 4 aliphatic rings. The lowest BCUT2D eigenvalue weighted by molar-refractivity contribution is -0.174. The summed E-state index contributed by atoms with van der Waals surface area (Å²) in [5.74, 6) is -4.80. The van der Waals surface area contributed by atoms with Crippen molar-refractivity contribution in [2.24, 2.45) is 0 Å². The molecule has 4 fully saturated rings. The number of aliphatic hydroxyl groups is 6. The van der Waals surface area contributed by atoms with E-state index in [1.165, 1.54) is 12.1 Å². The summed E-state index contributed by atoms with van der Waals surface area (Å²) in [4.78, 5) is 0. The summed E-state index contributed by atoms with van der Waals surface area (Å²) in [6.45, 7) is 6.70. The maximum Gasteiger partial charge on any atom is 0.262 e. The van der Waals surface area contributed by atoms with Crippen LogP contribution in [0.3, 0.4) is 0 Å². The molecule has 4 aliphatic heterocycles. The topological polar surface area (TPSA) is 211 Å². The minimum absolute atomic E-state index is 0.161. The third-order valence-electron chi connectivity index (χ3n) is 8.22. The second-order valence-electron chi connectivity index (χ2n) is 12.5. The standard InChI is InChI=1S/C18H25O7P.C12H17O7P/c1-17(2)21-10-12(22-17)13-14-15(24-18(3,4)23-14)16(19)26(20,25-13)11-8-6-5-7-9-11;13-6-8(14)11-9(15)10(16)12(17)20(18,19-11)7-4-2-1-3-5-7/h5-9,12-16,19H,10H2,1-4H3;1-5,8-17H,6H2. The van der Waals surface area contributed by atoms with Crippen molar-refractivity contribution in [3.8, 4) is 0 Å². The van der Waals surface area contributed by atoms with Crippen molar-refractivity contribution in [3.63, 3.8) is 0 Å². The van der Waals surface area contributed by atoms with Crippen molar-refractivity contribution in [3.05, 3.63) is 60.7 Å². The highest BCUT2D eigenvalue weighted by molar-refractivity contribution is 7.68. The molecule has 0 bridgehead atoms. The van der Waals surface area contributed by atoms with Gasteiger partial charge in [0.25, 0.3) is 14.7 Å². The van der Waals surface area contributed by atoms with Crippen LogP contribution in [0.5, 0.6) is 0 Å². The van der Waals surface area contributed by atoms with Crippen LogP contribution in [0.4, 0.5) is 0 Å². The Morgan fingerprint density at radius 1 is 0.717 bits per heavy atom. The first-order chi connectivity index (χ1) is 21.5. The van der Waals surface area contributed by atoms with E-state index in [1.807, 2.05) is 19.9 Å². The molecule has 0 spiro atoms. The zero-order valence-electron chi connectivity index (χ0n) is 25.8. The Bertz CT molecular complexity index is 1430. The van der Waals surface area contributed by atoms with Gasteiger partial charge in [-0.05, 0) is 52.0 Å². The van der Waals surface area contributed by atoms with Crippen molar-refractivity contribution in [2.75, 3.05) is 13.2 Å². The maximum absolute atomic E-state index is 13.7. The van der Waals surface area contributed by atoms with Gasteiger partial charge in [-0.25, -0.2) is 0 Å². The fraction of sp³-hybridized carbons (Fsp3) is 0.600. The van der Waals surface area contributed by atoms with E-state index >= 15 is 0 Å². The first-order valence-corrected chi connectivity index (χ1v) is 18.3. The van der Waals surface area contributed by atoms with Gasteiger partial charge in [0.05, 0.1) is 13.2 Å². The first kappa shape index (κ1) is 35.7. The number of ether oxygens (including phenoxy) is 4. The normalized spacial score (nSPS) is 42.0. The molecule has 2 aromatic rings. The molecule has 0 saturated carbocycles. The molecule has 256 valence electrons. The highest BCUT2D eigenvalue weighted by Crippen LogP contribution is 2.60. The van der Waals surface area contributed by atoms with Crippen molar-refractivity contribution in [1.82, 2.24) is 0 Å². The highest BCUT2D eigenvalue weighted by Gasteiger charge is 2.62. The minimum Gasteiger partial charge on any atom is -0.394 e. The van der Waals surface area contributed by atoms with Gasteiger partial charge in [0.15, 0.2) is 23.3 Å². The Kier molecular flexibility index (Phi) is 10.4. The number of fused-ring (bicyclic) bond motifs is 1. The predicted molar refractivity (Wildman–Crippen MR) is 163 cm³/mol. The number of hydrogen-bond acceptors (Lipinski definition) is 14. The molecular weight excluding hydrogens is 646 g/mol. The van der Waals surface area contributed by atoms with Crippen LogP contribution in [0, 0.1) is 0 Å². The van der Waals surface area contributed by atoms with Gasteiger partial charge in [0.2, 0.25) is 0 Å². The van der Waals surface area contributed by atoms with E-state index in [9.17, 15) is 34.7 Å². The Morgan fingerprint density at radius 2 is 1.24 bits per heavy atom. The van der Waals surface area contributed by atoms with E-state index in [4.69, 9.17) is 33.1 Å². The number of rotatable bonds is 5. The molecule has 2 aromatic carbocycles. The summed E-state index contributed by atoms with van der Waals surface area (Å²) >= 11 is 0. The van der Waals surface area contributed by atoms with E-state index < -0.39 is 93.4 Å². The summed E-state index contributed by atoms with van der Waals surface area (Å²) in [7, 11) is -7.52. The van der Waals surface area contributed by atoms with Crippen molar-refractivity contribution in [1.29, 1.82) is 0 Å². The van der Waals surface area contributed by atoms with Crippen LogP contribution in [0.15, 0.2) is 60.7 Å². The third-order valence-corrected chi connectivity index (χ3v) is 13.4. The molecule has 4 heterocycles. The number of aliphatic hydroxyl groups excluding tert-OH is 6. The van der Waals surface area contributed by atoms with Gasteiger partial charge in [-0.15, -0.1) is 0 Å². The van der Waals surface area contributed by atoms with Crippen LogP contribution < -0.4 is 10.6 Å². The third kappa shape index (κ3) is 6.80. The van der Waals surface area contributed by atoms with Crippen LogP contribution in [0.1, 0.15) is 27.7 Å². The summed E-state index contributed by atoms with van der Waals surface area (Å²) in [5, 5.41) is 59.5. The lowest BCUT2D eigenvalue weighted by atomic mass is 10.0. The zero-order valence-corrected chi connectivity index (χ0v) is 27.6. The van der Waals surface area contributed by atoms with Gasteiger partial charge in [0, 0.05) is 10.6 Å². The molecule has 6 N–H and O–H groups in total. The van der Waals surface area contributed by atoms with Crippen LogP contribution >= 0.6 is 14.7 Å². The lowest BCUT2D eigenvalue weighted by Crippen LogP contribution is -2.56. The molecule has 4 saturated heterocycles. The quantitative estimate of drug-likeness (QED) is 0.235. The van der Waals surface area contributed by atoms with E-state index in [0.29, 0.717) is 5.30 Å². The minimum atomic E-state index is -3.90. The first-order valence-electron chi connectivity index (χ1n) is 14.9. The van der Waals surface area contributed by atoms with Gasteiger partial charge < -0.3 is 58.6 Å². The Hall–Kier alpha value is -1.58. The number of benzene rings is 2. The molecule has 12 unspecified atom stereocenters. The zero-order chi connectivity index (χ0) is 33.7. The monoisotopic (exact) mass is 688 g/mol. The van der Waals surface area contributed by atoms with Gasteiger partial charge in [-0.1, -0.05) is 36.4 Å². The van der Waals surface area contributed by atoms with Gasteiger partial charge in [0.1, 0.15) is 48.8 Å². The number of hydrogen-bond donors (Lipinski definition) is 6. The van der Waals surface area contributed by atoms with Gasteiger partial charge >= 0.3 is 0 Å². The van der Waals surface area contributed by atoms with E-state index in [2.05, 4.69) is 0 Å². The van der Waals surface area contributed by atoms with Crippen molar-refractivity contribution in [2.45, 2.75) is 99.8 Å². The fourth-order valence-corrected chi connectivity index (χ4v) is 10.7. The summed E-state index contributed by atoms with van der Waals surface area (Å²) in [6, 6.07) is 16.5. The maximum atomic E-state index is 13.7. The second-order valence-corrected chi connectivity index (χ2v) is 17.4. The molecule has 16 heteroatoms. The molecule has 6 rings (SSSR count). The lowest BCUT2D eigenvalue weighted by Gasteiger charge is -2.41. The van der Waals surface area contributed by atoms with Crippen molar-refractivity contribution >= 4 is 25.3 Å². The average Bonchev–Trinajstić information content (AvgIpc) is 3.58. The summed E-state index contributed by atoms with van der Waals surface area (Å²) < 4.78 is 61.3. The van der Waals surface area contributed by atoms with E-state index in [0.717, 1.165) is 0 Å². The van der Waals surface area contributed by atoms with Gasteiger partial charge in [-0.2, -0.15) is 0 Å². The summed E-state index contributed by atoms with van der Waals surface area (Å²) in [5.41, 5.74) is 0. The molecule has 0 radical (unpaired) electrons. The molecule has 14 nitrogen and oxygen atoms in total. The van der Waals surface area contributed by atoms with Crippen LogP contribution in [0.2, 0.25) is 0 Å². The predicted octanol–water partition coefficient (Wildman–Crippen LogP) is 0.361. The van der Waals surface area contributed by atoms with Crippen LogP contribution in [-0.4, -0.2) is 116 Å². The Labute approximate surface area is 266 Å². The smallest absolute Gasteiger partial charge is 0.262 e.